The maximum absolute atomic E-state index is 12.5. The van der Waals surface area contributed by atoms with Gasteiger partial charge in [-0.05, 0) is 44.2 Å². The maximum Gasteiger partial charge on any atom is 0.325 e. The second kappa shape index (κ2) is 7.45. The van der Waals surface area contributed by atoms with Crippen molar-refractivity contribution in [3.63, 3.8) is 0 Å². The standard InChI is InChI=1S/C17H20N2O3/c1-3-18(13-16(20)22-4-2)17(21)14-8-7-9-15(12-14)19-10-5-6-11-19/h5-12H,3-4,13H2,1-2H3. The maximum atomic E-state index is 12.5. The summed E-state index contributed by atoms with van der Waals surface area (Å²) >= 11 is 0. The number of carbonyl (C=O) groups excluding carboxylic acids is 2. The van der Waals surface area contributed by atoms with Gasteiger partial charge in [0.25, 0.3) is 5.91 Å². The van der Waals surface area contributed by atoms with Crippen LogP contribution < -0.4 is 0 Å². The van der Waals surface area contributed by atoms with Crippen LogP contribution in [0.2, 0.25) is 0 Å². The van der Waals surface area contributed by atoms with Crippen molar-refractivity contribution >= 4 is 11.9 Å². The van der Waals surface area contributed by atoms with Crippen LogP contribution in [-0.2, 0) is 9.53 Å². The number of esters is 1. The van der Waals surface area contributed by atoms with Gasteiger partial charge in [-0.1, -0.05) is 6.07 Å². The molecule has 0 saturated carbocycles. The summed E-state index contributed by atoms with van der Waals surface area (Å²) in [6.45, 7) is 4.32. The number of ether oxygens (including phenoxy) is 1. The average Bonchev–Trinajstić information content (AvgIpc) is 3.07. The molecule has 5 nitrogen and oxygen atoms in total. The van der Waals surface area contributed by atoms with E-state index < -0.39 is 0 Å². The first kappa shape index (κ1) is 15.8. The van der Waals surface area contributed by atoms with E-state index in [2.05, 4.69) is 0 Å². The first-order valence-corrected chi connectivity index (χ1v) is 7.34. The predicted molar refractivity (Wildman–Crippen MR) is 84.0 cm³/mol. The Bertz CT molecular complexity index is 635. The molecule has 2 aromatic rings. The molecule has 0 atom stereocenters. The molecule has 2 rings (SSSR count). The van der Waals surface area contributed by atoms with E-state index in [1.54, 1.807) is 13.0 Å². The Hall–Kier alpha value is -2.56. The van der Waals surface area contributed by atoms with Gasteiger partial charge < -0.3 is 14.2 Å². The zero-order valence-electron chi connectivity index (χ0n) is 12.9. The van der Waals surface area contributed by atoms with Crippen molar-refractivity contribution in [2.75, 3.05) is 19.7 Å². The number of rotatable bonds is 6. The molecule has 116 valence electrons. The van der Waals surface area contributed by atoms with Crippen molar-refractivity contribution in [1.29, 1.82) is 0 Å². The lowest BCUT2D eigenvalue weighted by atomic mass is 10.1. The smallest absolute Gasteiger partial charge is 0.325 e. The molecule has 0 unspecified atom stereocenters. The third-order valence-corrected chi connectivity index (χ3v) is 3.29. The molecule has 0 saturated heterocycles. The molecular formula is C17H20N2O3. The van der Waals surface area contributed by atoms with E-state index in [0.717, 1.165) is 5.69 Å². The van der Waals surface area contributed by atoms with E-state index >= 15 is 0 Å². The molecule has 0 aliphatic rings. The van der Waals surface area contributed by atoms with Crippen LogP contribution in [0.25, 0.3) is 5.69 Å². The fourth-order valence-corrected chi connectivity index (χ4v) is 2.18. The summed E-state index contributed by atoms with van der Waals surface area (Å²) in [7, 11) is 0. The number of hydrogen-bond acceptors (Lipinski definition) is 3. The Morgan fingerprint density at radius 2 is 1.86 bits per heavy atom. The van der Waals surface area contributed by atoms with Crippen LogP contribution in [0.5, 0.6) is 0 Å². The van der Waals surface area contributed by atoms with Crippen molar-refractivity contribution in [3.05, 3.63) is 54.4 Å². The number of benzene rings is 1. The van der Waals surface area contributed by atoms with Crippen LogP contribution in [-0.4, -0.2) is 41.0 Å². The molecule has 22 heavy (non-hydrogen) atoms. The Morgan fingerprint density at radius 3 is 2.50 bits per heavy atom. The molecule has 0 radical (unpaired) electrons. The largest absolute Gasteiger partial charge is 0.465 e. The lowest BCUT2D eigenvalue weighted by molar-refractivity contribution is -0.143. The quantitative estimate of drug-likeness (QED) is 0.770. The minimum Gasteiger partial charge on any atom is -0.465 e. The van der Waals surface area contributed by atoms with Crippen molar-refractivity contribution in [2.45, 2.75) is 13.8 Å². The van der Waals surface area contributed by atoms with Crippen molar-refractivity contribution in [1.82, 2.24) is 9.47 Å². The Labute approximate surface area is 130 Å². The summed E-state index contributed by atoms with van der Waals surface area (Å²) in [4.78, 5) is 25.6. The molecular weight excluding hydrogens is 280 g/mol. The SMILES string of the molecule is CCOC(=O)CN(CC)C(=O)c1cccc(-n2cccc2)c1. The zero-order valence-corrected chi connectivity index (χ0v) is 12.9. The summed E-state index contributed by atoms with van der Waals surface area (Å²) in [6, 6.07) is 11.2. The number of hydrogen-bond donors (Lipinski definition) is 0. The number of nitrogens with zero attached hydrogens (tertiary/aromatic N) is 2. The fraction of sp³-hybridized carbons (Fsp3) is 0.294. The monoisotopic (exact) mass is 300 g/mol. The summed E-state index contributed by atoms with van der Waals surface area (Å²) in [5.41, 5.74) is 1.46. The first-order valence-electron chi connectivity index (χ1n) is 7.34. The van der Waals surface area contributed by atoms with Gasteiger partial charge in [0, 0.05) is 30.2 Å². The Kier molecular flexibility index (Phi) is 5.36. The van der Waals surface area contributed by atoms with Gasteiger partial charge in [0.05, 0.1) is 6.61 Å². The highest BCUT2D eigenvalue weighted by atomic mass is 16.5. The molecule has 0 fully saturated rings. The summed E-state index contributed by atoms with van der Waals surface area (Å²) < 4.78 is 6.83. The van der Waals surface area contributed by atoms with Gasteiger partial charge in [0.1, 0.15) is 6.54 Å². The zero-order chi connectivity index (χ0) is 15.9. The summed E-state index contributed by atoms with van der Waals surface area (Å²) in [6.07, 6.45) is 3.83. The fourth-order valence-electron chi connectivity index (χ4n) is 2.18. The minimum atomic E-state index is -0.390. The highest BCUT2D eigenvalue weighted by molar-refractivity contribution is 5.96. The molecule has 0 bridgehead atoms. The van der Waals surface area contributed by atoms with E-state index in [1.807, 2.05) is 54.2 Å². The molecule has 0 spiro atoms. The molecule has 1 heterocycles. The Balaban J connectivity index is 2.17. The van der Waals surface area contributed by atoms with Crippen molar-refractivity contribution in [2.24, 2.45) is 0 Å². The highest BCUT2D eigenvalue weighted by Crippen LogP contribution is 2.13. The van der Waals surface area contributed by atoms with Gasteiger partial charge in [-0.2, -0.15) is 0 Å². The van der Waals surface area contributed by atoms with Gasteiger partial charge in [0.15, 0.2) is 0 Å². The van der Waals surface area contributed by atoms with Crippen molar-refractivity contribution in [3.8, 4) is 5.69 Å². The molecule has 0 aliphatic carbocycles. The third-order valence-electron chi connectivity index (χ3n) is 3.29. The average molecular weight is 300 g/mol. The van der Waals surface area contributed by atoms with Gasteiger partial charge >= 0.3 is 5.97 Å². The van der Waals surface area contributed by atoms with Crippen LogP contribution in [0, 0.1) is 0 Å². The van der Waals surface area contributed by atoms with Crippen LogP contribution >= 0.6 is 0 Å². The van der Waals surface area contributed by atoms with E-state index in [1.165, 1.54) is 4.90 Å². The number of carbonyl (C=O) groups is 2. The second-order valence-electron chi connectivity index (χ2n) is 4.76. The van der Waals surface area contributed by atoms with Gasteiger partial charge in [-0.25, -0.2) is 0 Å². The third kappa shape index (κ3) is 3.75. The predicted octanol–water partition coefficient (Wildman–Crippen LogP) is 2.50. The minimum absolute atomic E-state index is 0.0308. The van der Waals surface area contributed by atoms with Gasteiger partial charge in [0.2, 0.25) is 0 Å². The van der Waals surface area contributed by atoms with Crippen LogP contribution in [0.4, 0.5) is 0 Å². The van der Waals surface area contributed by atoms with Gasteiger partial charge in [-0.15, -0.1) is 0 Å². The molecule has 1 aromatic heterocycles. The number of likely N-dealkylation sites (N-methyl/N-ethyl adjacent to an activating group) is 1. The number of amides is 1. The highest BCUT2D eigenvalue weighted by Gasteiger charge is 2.18. The van der Waals surface area contributed by atoms with Crippen molar-refractivity contribution < 1.29 is 14.3 Å². The van der Waals surface area contributed by atoms with Gasteiger partial charge in [-0.3, -0.25) is 9.59 Å². The van der Waals surface area contributed by atoms with Crippen LogP contribution in [0.15, 0.2) is 48.8 Å². The molecule has 5 heteroatoms. The van der Waals surface area contributed by atoms with E-state index in [-0.39, 0.29) is 18.4 Å². The molecule has 0 aliphatic heterocycles. The van der Waals surface area contributed by atoms with E-state index in [9.17, 15) is 9.59 Å². The van der Waals surface area contributed by atoms with E-state index in [0.29, 0.717) is 18.7 Å². The second-order valence-corrected chi connectivity index (χ2v) is 4.76. The topological polar surface area (TPSA) is 51.5 Å². The van der Waals surface area contributed by atoms with Crippen LogP contribution in [0.1, 0.15) is 24.2 Å². The lowest BCUT2D eigenvalue weighted by Crippen LogP contribution is -2.36. The first-order chi connectivity index (χ1) is 10.7. The summed E-state index contributed by atoms with van der Waals surface area (Å²) in [5.74, 6) is -0.566. The summed E-state index contributed by atoms with van der Waals surface area (Å²) in [5, 5.41) is 0. The lowest BCUT2D eigenvalue weighted by Gasteiger charge is -2.20. The molecule has 1 aromatic carbocycles. The molecule has 1 amide bonds. The normalized spacial score (nSPS) is 10.3. The van der Waals surface area contributed by atoms with E-state index in [4.69, 9.17) is 4.74 Å². The Morgan fingerprint density at radius 1 is 1.14 bits per heavy atom. The van der Waals surface area contributed by atoms with Crippen LogP contribution in [0.3, 0.4) is 0 Å². The number of aromatic nitrogens is 1. The molecule has 0 N–H and O–H groups in total.